The predicted molar refractivity (Wildman–Crippen MR) is 158 cm³/mol. The van der Waals surface area contributed by atoms with Crippen LogP contribution >= 0.6 is 0 Å². The molecule has 0 radical (unpaired) electrons. The van der Waals surface area contributed by atoms with E-state index in [0.29, 0.717) is 25.2 Å². The molecule has 0 aliphatic carbocycles. The van der Waals surface area contributed by atoms with Crippen LogP contribution in [0.5, 0.6) is 5.75 Å². The quantitative estimate of drug-likeness (QED) is 0.294. The van der Waals surface area contributed by atoms with Gasteiger partial charge in [-0.05, 0) is 87.7 Å². The summed E-state index contributed by atoms with van der Waals surface area (Å²) in [5.74, 6) is -0.881. The number of anilines is 1. The van der Waals surface area contributed by atoms with Crippen LogP contribution in [0.3, 0.4) is 0 Å². The second kappa shape index (κ2) is 14.6. The molecule has 2 amide bonds. The average molecular weight is 584 g/mol. The number of nitrogens with one attached hydrogen (secondary N) is 1. The van der Waals surface area contributed by atoms with Crippen molar-refractivity contribution in [2.75, 3.05) is 24.0 Å². The second-order valence-electron chi connectivity index (χ2n) is 9.80. The van der Waals surface area contributed by atoms with E-state index in [4.69, 9.17) is 4.74 Å². The van der Waals surface area contributed by atoms with E-state index < -0.39 is 34.3 Å². The molecule has 10 heteroatoms. The highest BCUT2D eigenvalue weighted by Gasteiger charge is 2.33. The van der Waals surface area contributed by atoms with Gasteiger partial charge in [-0.3, -0.25) is 13.9 Å². The number of sulfonamides is 1. The van der Waals surface area contributed by atoms with Crippen molar-refractivity contribution in [3.63, 3.8) is 0 Å². The summed E-state index contributed by atoms with van der Waals surface area (Å²) in [6.07, 6.45) is 0.818. The molecule has 220 valence electrons. The van der Waals surface area contributed by atoms with Gasteiger partial charge in [0.05, 0.1) is 17.2 Å². The van der Waals surface area contributed by atoms with Gasteiger partial charge in [0.25, 0.3) is 10.0 Å². The van der Waals surface area contributed by atoms with Gasteiger partial charge in [-0.2, -0.15) is 0 Å². The number of amides is 2. The molecular weight excluding hydrogens is 545 g/mol. The molecule has 0 aromatic heterocycles. The molecule has 1 N–H and O–H groups in total. The maximum absolute atomic E-state index is 14.0. The molecule has 0 aliphatic heterocycles. The van der Waals surface area contributed by atoms with Crippen LogP contribution in [-0.4, -0.2) is 56.9 Å². The zero-order valence-electron chi connectivity index (χ0n) is 23.9. The Bertz CT molecular complexity index is 1380. The van der Waals surface area contributed by atoms with Crippen molar-refractivity contribution in [2.45, 2.75) is 57.5 Å². The van der Waals surface area contributed by atoms with Crippen LogP contribution in [0.15, 0.2) is 83.8 Å². The van der Waals surface area contributed by atoms with Crippen LogP contribution < -0.4 is 14.4 Å². The number of ether oxygens (including phenoxy) is 1. The fourth-order valence-corrected chi connectivity index (χ4v) is 5.83. The normalized spacial score (nSPS) is 12.0. The predicted octanol–water partition coefficient (Wildman–Crippen LogP) is 4.79. The van der Waals surface area contributed by atoms with Gasteiger partial charge in [0, 0.05) is 12.6 Å². The number of hydrogen-bond acceptors (Lipinski definition) is 5. The third-order valence-corrected chi connectivity index (χ3v) is 8.21. The van der Waals surface area contributed by atoms with Crippen LogP contribution in [0.1, 0.15) is 39.7 Å². The monoisotopic (exact) mass is 583 g/mol. The lowest BCUT2D eigenvalue weighted by Crippen LogP contribution is -2.54. The molecule has 3 aromatic rings. The Kier molecular flexibility index (Phi) is 11.3. The topological polar surface area (TPSA) is 96.0 Å². The number of carbonyl (C=O) groups is 2. The number of benzene rings is 3. The number of nitrogens with zero attached hydrogens (tertiary/aromatic N) is 2. The van der Waals surface area contributed by atoms with Crippen LogP contribution in [-0.2, 0) is 26.0 Å². The van der Waals surface area contributed by atoms with Crippen molar-refractivity contribution in [3.8, 4) is 5.75 Å². The maximum Gasteiger partial charge on any atom is 0.264 e. The molecule has 41 heavy (non-hydrogen) atoms. The van der Waals surface area contributed by atoms with E-state index in [1.54, 1.807) is 24.3 Å². The van der Waals surface area contributed by atoms with Crippen molar-refractivity contribution >= 4 is 27.5 Å². The Morgan fingerprint density at radius 2 is 1.56 bits per heavy atom. The minimum absolute atomic E-state index is 0.137. The molecule has 0 saturated carbocycles. The summed E-state index contributed by atoms with van der Waals surface area (Å²) in [6.45, 7) is 7.40. The molecule has 0 bridgehead atoms. The molecule has 0 heterocycles. The molecule has 0 spiro atoms. The van der Waals surface area contributed by atoms with E-state index in [1.807, 2.05) is 58.0 Å². The summed E-state index contributed by atoms with van der Waals surface area (Å²) in [5, 5.41) is 2.88. The van der Waals surface area contributed by atoms with Crippen molar-refractivity contribution in [1.82, 2.24) is 10.2 Å². The lowest BCUT2D eigenvalue weighted by molar-refractivity contribution is -0.139. The molecule has 0 saturated heterocycles. The summed E-state index contributed by atoms with van der Waals surface area (Å²) in [5.41, 5.74) is 1.21. The first kappa shape index (κ1) is 31.6. The van der Waals surface area contributed by atoms with Crippen molar-refractivity contribution in [1.29, 1.82) is 0 Å². The molecule has 1 atom stereocenters. The SMILES string of the molecule is CCOc1ccc(N(CC(=O)N(CCc2ccccc2)C(CC)C(=O)NC(C)C)S(=O)(=O)c2ccc(F)cc2)cc1. The molecule has 0 fully saturated rings. The molecule has 8 nitrogen and oxygen atoms in total. The van der Waals surface area contributed by atoms with Gasteiger partial charge in [0.2, 0.25) is 11.8 Å². The van der Waals surface area contributed by atoms with E-state index in [0.717, 1.165) is 34.1 Å². The van der Waals surface area contributed by atoms with E-state index >= 15 is 0 Å². The maximum atomic E-state index is 14.0. The number of carbonyl (C=O) groups excluding carboxylic acids is 2. The van der Waals surface area contributed by atoms with Crippen LogP contribution in [0.2, 0.25) is 0 Å². The summed E-state index contributed by atoms with van der Waals surface area (Å²) in [6, 6.07) is 19.4. The van der Waals surface area contributed by atoms with E-state index in [9.17, 15) is 22.4 Å². The van der Waals surface area contributed by atoms with Gasteiger partial charge < -0.3 is 15.0 Å². The summed E-state index contributed by atoms with van der Waals surface area (Å²) < 4.78 is 47.8. The van der Waals surface area contributed by atoms with Gasteiger partial charge >= 0.3 is 0 Å². The summed E-state index contributed by atoms with van der Waals surface area (Å²) in [7, 11) is -4.29. The fraction of sp³-hybridized carbons (Fsp3) is 0.355. The van der Waals surface area contributed by atoms with Crippen molar-refractivity contribution in [2.24, 2.45) is 0 Å². The summed E-state index contributed by atoms with van der Waals surface area (Å²) in [4.78, 5) is 28.4. The molecule has 1 unspecified atom stereocenters. The molecule has 3 aromatic carbocycles. The smallest absolute Gasteiger partial charge is 0.264 e. The highest BCUT2D eigenvalue weighted by atomic mass is 32.2. The standard InChI is InChI=1S/C31H38FN3O5S/c1-5-29(31(37)33-23(3)4)34(21-20-24-10-8-7-9-11-24)30(36)22-35(26-14-16-27(17-15-26)40-6-2)41(38,39)28-18-12-25(32)13-19-28/h7-19,23,29H,5-6,20-22H2,1-4H3,(H,33,37). The Morgan fingerprint density at radius 1 is 0.927 bits per heavy atom. The minimum atomic E-state index is -4.29. The second-order valence-corrected chi connectivity index (χ2v) is 11.7. The van der Waals surface area contributed by atoms with Crippen molar-refractivity contribution < 1.29 is 27.1 Å². The largest absolute Gasteiger partial charge is 0.494 e. The Morgan fingerprint density at radius 3 is 2.12 bits per heavy atom. The number of hydrogen-bond donors (Lipinski definition) is 1. The van der Waals surface area contributed by atoms with E-state index in [-0.39, 0.29) is 29.1 Å². The molecule has 3 rings (SSSR count). The van der Waals surface area contributed by atoms with Crippen LogP contribution in [0, 0.1) is 5.82 Å². The third-order valence-electron chi connectivity index (χ3n) is 6.42. The Labute approximate surface area is 242 Å². The number of rotatable bonds is 14. The van der Waals surface area contributed by atoms with Gasteiger partial charge in [-0.1, -0.05) is 37.3 Å². The van der Waals surface area contributed by atoms with Gasteiger partial charge in [-0.25, -0.2) is 12.8 Å². The molecule has 0 aliphatic rings. The Hall–Kier alpha value is -3.92. The van der Waals surface area contributed by atoms with Crippen molar-refractivity contribution in [3.05, 3.63) is 90.2 Å². The van der Waals surface area contributed by atoms with Gasteiger partial charge in [0.1, 0.15) is 24.2 Å². The van der Waals surface area contributed by atoms with Gasteiger partial charge in [-0.15, -0.1) is 0 Å². The third kappa shape index (κ3) is 8.53. The fourth-order valence-electron chi connectivity index (χ4n) is 4.41. The first-order valence-corrected chi connectivity index (χ1v) is 15.2. The Balaban J connectivity index is 2.01. The van der Waals surface area contributed by atoms with Gasteiger partial charge in [0.15, 0.2) is 0 Å². The molecular formula is C31H38FN3O5S. The lowest BCUT2D eigenvalue weighted by atomic mass is 10.1. The highest BCUT2D eigenvalue weighted by molar-refractivity contribution is 7.92. The summed E-state index contributed by atoms with van der Waals surface area (Å²) >= 11 is 0. The zero-order chi connectivity index (χ0) is 30.0. The lowest BCUT2D eigenvalue weighted by Gasteiger charge is -2.33. The first-order chi connectivity index (χ1) is 19.6. The average Bonchev–Trinajstić information content (AvgIpc) is 2.94. The van der Waals surface area contributed by atoms with E-state index in [2.05, 4.69) is 5.32 Å². The van der Waals surface area contributed by atoms with Crippen LogP contribution in [0.4, 0.5) is 10.1 Å². The van der Waals surface area contributed by atoms with E-state index in [1.165, 1.54) is 4.90 Å². The first-order valence-electron chi connectivity index (χ1n) is 13.7. The zero-order valence-corrected chi connectivity index (χ0v) is 24.7. The number of halogens is 1. The highest BCUT2D eigenvalue weighted by Crippen LogP contribution is 2.27. The van der Waals surface area contributed by atoms with Crippen LogP contribution in [0.25, 0.3) is 0 Å². The minimum Gasteiger partial charge on any atom is -0.494 e.